The number of nitrogens with zero attached hydrogens (tertiary/aromatic N) is 6. The standard InChI is InChI=1S/C28H31FN6O/c1-18-12-13-24-22(16-18)26-32-31-25(20-8-4-3-5-9-20)35(26)28(30-24)33-14-15-34(19(2)17-33)27(36)21-10-6-7-11-23(21)29/h6-7,10-13,16,19-20H,3-5,8-9,14-15,17H2,1-2H3. The zero-order chi connectivity index (χ0) is 24.8. The van der Waals surface area contributed by atoms with Crippen LogP contribution in [0.25, 0.3) is 16.6 Å². The van der Waals surface area contributed by atoms with Crippen LogP contribution in [-0.2, 0) is 0 Å². The quantitative estimate of drug-likeness (QED) is 0.402. The lowest BCUT2D eigenvalue weighted by atomic mass is 9.89. The highest BCUT2D eigenvalue weighted by Gasteiger charge is 2.32. The van der Waals surface area contributed by atoms with E-state index in [-0.39, 0.29) is 17.5 Å². The van der Waals surface area contributed by atoms with Crippen LogP contribution in [0.5, 0.6) is 0 Å². The second-order valence-electron chi connectivity index (χ2n) is 10.3. The van der Waals surface area contributed by atoms with Crippen LogP contribution in [0, 0.1) is 12.7 Å². The summed E-state index contributed by atoms with van der Waals surface area (Å²) in [5.41, 5.74) is 3.02. The molecule has 2 aromatic heterocycles. The number of carbonyl (C=O) groups is 1. The van der Waals surface area contributed by atoms with E-state index in [4.69, 9.17) is 10.1 Å². The number of rotatable bonds is 3. The molecule has 0 radical (unpaired) electrons. The first kappa shape index (κ1) is 22.9. The van der Waals surface area contributed by atoms with Crippen molar-refractivity contribution in [2.24, 2.45) is 0 Å². The summed E-state index contributed by atoms with van der Waals surface area (Å²) < 4.78 is 16.5. The van der Waals surface area contributed by atoms with Crippen LogP contribution in [0.3, 0.4) is 0 Å². The minimum absolute atomic E-state index is 0.106. The van der Waals surface area contributed by atoms with Crippen molar-refractivity contribution in [3.8, 4) is 0 Å². The van der Waals surface area contributed by atoms with Crippen molar-refractivity contribution in [1.29, 1.82) is 0 Å². The molecule has 0 bridgehead atoms. The van der Waals surface area contributed by atoms with Crippen LogP contribution < -0.4 is 4.90 Å². The number of anilines is 1. The summed E-state index contributed by atoms with van der Waals surface area (Å²) in [6.07, 6.45) is 5.93. The lowest BCUT2D eigenvalue weighted by molar-refractivity contribution is 0.0668. The highest BCUT2D eigenvalue weighted by molar-refractivity contribution is 5.95. The predicted octanol–water partition coefficient (Wildman–Crippen LogP) is 5.12. The lowest BCUT2D eigenvalue weighted by Gasteiger charge is -2.40. The molecular formula is C28H31FN6O. The molecule has 2 aliphatic rings. The lowest BCUT2D eigenvalue weighted by Crippen LogP contribution is -2.54. The molecule has 186 valence electrons. The highest BCUT2D eigenvalue weighted by atomic mass is 19.1. The number of hydrogen-bond acceptors (Lipinski definition) is 5. The van der Waals surface area contributed by atoms with Gasteiger partial charge in [0.15, 0.2) is 5.65 Å². The Morgan fingerprint density at radius 2 is 1.83 bits per heavy atom. The van der Waals surface area contributed by atoms with E-state index in [0.717, 1.165) is 46.7 Å². The molecule has 1 aliphatic carbocycles. The highest BCUT2D eigenvalue weighted by Crippen LogP contribution is 2.35. The molecule has 1 amide bonds. The van der Waals surface area contributed by atoms with Gasteiger partial charge in [0.05, 0.1) is 11.1 Å². The average Bonchev–Trinajstić information content (AvgIpc) is 3.34. The van der Waals surface area contributed by atoms with Crippen molar-refractivity contribution < 1.29 is 9.18 Å². The van der Waals surface area contributed by atoms with Gasteiger partial charge in [0.25, 0.3) is 5.91 Å². The van der Waals surface area contributed by atoms with E-state index >= 15 is 0 Å². The molecule has 7 nitrogen and oxygen atoms in total. The molecule has 1 saturated heterocycles. The predicted molar refractivity (Wildman–Crippen MR) is 138 cm³/mol. The van der Waals surface area contributed by atoms with Crippen molar-refractivity contribution in [1.82, 2.24) is 24.5 Å². The zero-order valence-corrected chi connectivity index (χ0v) is 20.8. The number of hydrogen-bond donors (Lipinski definition) is 0. The summed E-state index contributed by atoms with van der Waals surface area (Å²) in [6, 6.07) is 12.3. The molecule has 1 unspecified atom stereocenters. The molecule has 8 heteroatoms. The molecule has 2 fully saturated rings. The number of benzene rings is 2. The summed E-state index contributed by atoms with van der Waals surface area (Å²) in [6.45, 7) is 5.79. The van der Waals surface area contributed by atoms with Gasteiger partial charge in [-0.3, -0.25) is 4.79 Å². The molecule has 4 aromatic rings. The van der Waals surface area contributed by atoms with Crippen molar-refractivity contribution >= 4 is 28.4 Å². The Hall–Kier alpha value is -3.55. The Balaban J connectivity index is 1.39. The van der Waals surface area contributed by atoms with E-state index in [1.54, 1.807) is 23.1 Å². The van der Waals surface area contributed by atoms with Crippen LogP contribution in [0.15, 0.2) is 42.5 Å². The summed E-state index contributed by atoms with van der Waals surface area (Å²) in [7, 11) is 0. The Morgan fingerprint density at radius 1 is 1.03 bits per heavy atom. The maximum atomic E-state index is 14.3. The van der Waals surface area contributed by atoms with E-state index in [2.05, 4.69) is 33.5 Å². The Kier molecular flexibility index (Phi) is 5.82. The molecule has 1 saturated carbocycles. The maximum Gasteiger partial charge on any atom is 0.257 e. The van der Waals surface area contributed by atoms with Crippen molar-refractivity contribution in [2.75, 3.05) is 24.5 Å². The smallest absolute Gasteiger partial charge is 0.257 e. The molecule has 1 aliphatic heterocycles. The number of fused-ring (bicyclic) bond motifs is 3. The second kappa shape index (κ2) is 9.15. The van der Waals surface area contributed by atoms with Crippen molar-refractivity contribution in [3.05, 3.63) is 65.2 Å². The third-order valence-electron chi connectivity index (χ3n) is 7.75. The molecule has 3 heterocycles. The third-order valence-corrected chi connectivity index (χ3v) is 7.75. The third kappa shape index (κ3) is 3.88. The molecule has 1 atom stereocenters. The van der Waals surface area contributed by atoms with Gasteiger partial charge in [0.1, 0.15) is 11.6 Å². The van der Waals surface area contributed by atoms with Crippen LogP contribution in [-0.4, -0.2) is 56.1 Å². The molecule has 6 rings (SSSR count). The van der Waals surface area contributed by atoms with Crippen LogP contribution >= 0.6 is 0 Å². The van der Waals surface area contributed by atoms with E-state index < -0.39 is 5.82 Å². The minimum Gasteiger partial charge on any atom is -0.338 e. The van der Waals surface area contributed by atoms with Crippen molar-refractivity contribution in [3.63, 3.8) is 0 Å². The normalized spacial score (nSPS) is 19.4. The number of halogens is 1. The monoisotopic (exact) mass is 486 g/mol. The maximum absolute atomic E-state index is 14.3. The second-order valence-corrected chi connectivity index (χ2v) is 10.3. The van der Waals surface area contributed by atoms with Gasteiger partial charge in [-0.1, -0.05) is 43.0 Å². The summed E-state index contributed by atoms with van der Waals surface area (Å²) >= 11 is 0. The molecule has 36 heavy (non-hydrogen) atoms. The van der Waals surface area contributed by atoms with Gasteiger partial charge < -0.3 is 9.80 Å². The Bertz CT molecular complexity index is 1440. The fraction of sp³-hybridized carbons (Fsp3) is 0.429. The first-order valence-corrected chi connectivity index (χ1v) is 13.0. The van der Waals surface area contributed by atoms with Gasteiger partial charge in [-0.05, 0) is 51.0 Å². The Morgan fingerprint density at radius 3 is 2.61 bits per heavy atom. The fourth-order valence-electron chi connectivity index (χ4n) is 5.82. The molecular weight excluding hydrogens is 455 g/mol. The number of carbonyl (C=O) groups excluding carboxylic acids is 1. The van der Waals surface area contributed by atoms with Crippen LogP contribution in [0.1, 0.15) is 66.7 Å². The fourth-order valence-corrected chi connectivity index (χ4v) is 5.82. The van der Waals surface area contributed by atoms with Gasteiger partial charge in [-0.2, -0.15) is 0 Å². The molecule has 2 aromatic carbocycles. The Labute approximate surface area is 209 Å². The van der Waals surface area contributed by atoms with Crippen molar-refractivity contribution in [2.45, 2.75) is 57.9 Å². The van der Waals surface area contributed by atoms with E-state index in [0.29, 0.717) is 25.6 Å². The number of aryl methyl sites for hydroxylation is 1. The number of amides is 1. The van der Waals surface area contributed by atoms with Gasteiger partial charge >= 0.3 is 0 Å². The van der Waals surface area contributed by atoms with Gasteiger partial charge in [-0.25, -0.2) is 13.8 Å². The summed E-state index contributed by atoms with van der Waals surface area (Å²) in [4.78, 5) is 22.3. The largest absolute Gasteiger partial charge is 0.338 e. The van der Waals surface area contributed by atoms with Crippen LogP contribution in [0.4, 0.5) is 10.3 Å². The average molecular weight is 487 g/mol. The van der Waals surface area contributed by atoms with Crippen LogP contribution in [0.2, 0.25) is 0 Å². The summed E-state index contributed by atoms with van der Waals surface area (Å²) in [5.74, 6) is 1.45. The summed E-state index contributed by atoms with van der Waals surface area (Å²) in [5, 5.41) is 10.4. The van der Waals surface area contributed by atoms with E-state index in [1.165, 1.54) is 25.3 Å². The SMILES string of the molecule is Cc1ccc2nc(N3CCN(C(=O)c4ccccc4F)C(C)C3)n3c(C4CCCCC4)nnc3c2c1. The topological polar surface area (TPSA) is 66.6 Å². The van der Waals surface area contributed by atoms with E-state index in [1.807, 2.05) is 13.0 Å². The van der Waals surface area contributed by atoms with E-state index in [9.17, 15) is 9.18 Å². The van der Waals surface area contributed by atoms with Gasteiger partial charge in [0.2, 0.25) is 5.95 Å². The molecule has 0 N–H and O–H groups in total. The molecule has 0 spiro atoms. The van der Waals surface area contributed by atoms with Gasteiger partial charge in [0, 0.05) is 37.0 Å². The zero-order valence-electron chi connectivity index (χ0n) is 20.8. The number of aromatic nitrogens is 4. The van der Waals surface area contributed by atoms with Gasteiger partial charge in [-0.15, -0.1) is 10.2 Å². The minimum atomic E-state index is -0.480. The first-order chi connectivity index (χ1) is 17.5. The number of piperazine rings is 1. The first-order valence-electron chi connectivity index (χ1n) is 13.0.